The average molecular weight is 503 g/mol. The molecule has 0 unspecified atom stereocenters. The van der Waals surface area contributed by atoms with Gasteiger partial charge in [-0.1, -0.05) is 12.5 Å². The summed E-state index contributed by atoms with van der Waals surface area (Å²) in [6.45, 7) is 1.55. The van der Waals surface area contributed by atoms with Gasteiger partial charge in [-0.15, -0.1) is 0 Å². The van der Waals surface area contributed by atoms with Gasteiger partial charge in [-0.05, 0) is 49.8 Å². The molecule has 0 radical (unpaired) electrons. The van der Waals surface area contributed by atoms with Crippen LogP contribution in [0.5, 0.6) is 0 Å². The molecule has 10 nitrogen and oxygen atoms in total. The highest BCUT2D eigenvalue weighted by Gasteiger charge is 2.43. The number of aryl methyl sites for hydroxylation is 1. The molecule has 1 aromatic carbocycles. The summed E-state index contributed by atoms with van der Waals surface area (Å²) in [7, 11) is -2.02. The molecule has 0 spiro atoms. The topological polar surface area (TPSA) is 138 Å². The number of hydrogen-bond donors (Lipinski definition) is 4. The molecular weight excluding hydrogens is 475 g/mol. The number of rotatable bonds is 8. The van der Waals surface area contributed by atoms with Gasteiger partial charge in [0.2, 0.25) is 15.9 Å². The molecule has 35 heavy (non-hydrogen) atoms. The van der Waals surface area contributed by atoms with Crippen LogP contribution in [0.1, 0.15) is 44.1 Å². The van der Waals surface area contributed by atoms with Crippen molar-refractivity contribution in [3.63, 3.8) is 0 Å². The number of alkyl halides is 1. The molecule has 2 fully saturated rings. The van der Waals surface area contributed by atoms with Gasteiger partial charge < -0.3 is 10.6 Å². The monoisotopic (exact) mass is 502 g/mol. The van der Waals surface area contributed by atoms with Crippen molar-refractivity contribution in [2.75, 3.05) is 21.1 Å². The van der Waals surface area contributed by atoms with Crippen LogP contribution in [0.3, 0.4) is 0 Å². The highest BCUT2D eigenvalue weighted by molar-refractivity contribution is 7.92. The number of nitrogens with zero attached hydrogens (tertiary/aromatic N) is 2. The van der Waals surface area contributed by atoms with Gasteiger partial charge in [-0.2, -0.15) is 0 Å². The quantitative estimate of drug-likeness (QED) is 0.373. The van der Waals surface area contributed by atoms with Crippen LogP contribution in [-0.2, 0) is 21.9 Å². The van der Waals surface area contributed by atoms with E-state index < -0.39 is 28.0 Å². The highest BCUT2D eigenvalue weighted by atomic mass is 32.2. The Balaban J connectivity index is 1.55. The third-order valence-corrected chi connectivity index (χ3v) is 7.94. The number of aromatic nitrogens is 3. The molecule has 186 valence electrons. The molecule has 12 heteroatoms. The van der Waals surface area contributed by atoms with Gasteiger partial charge in [0.1, 0.15) is 17.4 Å². The SMILES string of the molecule is CCS(=O)(=O)Nc1cc(C2CCC2)ccc1Nc1cc(NC(=O)[C@@H]2C[C@@H]2F)nc2[nH]n(C)c(=O)c12. The first-order chi connectivity index (χ1) is 16.6. The number of anilines is 4. The van der Waals surface area contributed by atoms with Crippen LogP contribution in [0.15, 0.2) is 29.1 Å². The molecule has 0 aliphatic heterocycles. The lowest BCUT2D eigenvalue weighted by Crippen LogP contribution is -2.17. The largest absolute Gasteiger partial charge is 0.353 e. The van der Waals surface area contributed by atoms with E-state index in [1.165, 1.54) is 17.8 Å². The van der Waals surface area contributed by atoms with E-state index in [0.29, 0.717) is 23.0 Å². The van der Waals surface area contributed by atoms with Gasteiger partial charge in [0.05, 0.1) is 28.7 Å². The zero-order valence-electron chi connectivity index (χ0n) is 19.4. The molecule has 2 aliphatic carbocycles. The number of pyridine rings is 1. The lowest BCUT2D eigenvalue weighted by Gasteiger charge is -2.27. The number of halogens is 1. The van der Waals surface area contributed by atoms with Crippen LogP contribution in [0.4, 0.5) is 27.3 Å². The summed E-state index contributed by atoms with van der Waals surface area (Å²) in [6.07, 6.45) is 2.28. The summed E-state index contributed by atoms with van der Waals surface area (Å²) in [4.78, 5) is 29.4. The minimum atomic E-state index is -3.56. The van der Waals surface area contributed by atoms with Crippen LogP contribution >= 0.6 is 0 Å². The number of aromatic amines is 1. The lowest BCUT2D eigenvalue weighted by atomic mass is 9.80. The third kappa shape index (κ3) is 4.62. The van der Waals surface area contributed by atoms with E-state index in [4.69, 9.17) is 0 Å². The second kappa shape index (κ2) is 8.67. The van der Waals surface area contributed by atoms with Gasteiger partial charge in [0.15, 0.2) is 5.65 Å². The summed E-state index contributed by atoms with van der Waals surface area (Å²) in [5.41, 5.74) is 2.08. The Morgan fingerprint density at radius 2 is 1.97 bits per heavy atom. The standard InChI is InChI=1S/C23H27FN6O4S/c1-3-35(33,34)29-17-9-13(12-5-4-6-12)7-8-16(17)25-18-11-19(27-22(31)14-10-15(14)24)26-21-20(18)23(32)30(2)28-21/h7-9,11-12,14-15,29H,3-6,10H2,1-2H3,(H3,25,26,27,28,31)/t14-,15+/m1/s1. The van der Waals surface area contributed by atoms with Gasteiger partial charge in [-0.3, -0.25) is 24.1 Å². The van der Waals surface area contributed by atoms with E-state index >= 15 is 0 Å². The molecule has 3 aromatic rings. The van der Waals surface area contributed by atoms with Crippen molar-refractivity contribution in [2.24, 2.45) is 13.0 Å². The van der Waals surface area contributed by atoms with Crippen molar-refractivity contribution in [3.8, 4) is 0 Å². The number of carbonyl (C=O) groups excluding carboxylic acids is 1. The van der Waals surface area contributed by atoms with E-state index in [1.807, 2.05) is 12.1 Å². The second-order valence-electron chi connectivity index (χ2n) is 9.17. The highest BCUT2D eigenvalue weighted by Crippen LogP contribution is 2.40. The van der Waals surface area contributed by atoms with Crippen molar-refractivity contribution in [1.82, 2.24) is 14.8 Å². The maximum atomic E-state index is 13.3. The van der Waals surface area contributed by atoms with Gasteiger partial charge >= 0.3 is 0 Å². The zero-order chi connectivity index (χ0) is 24.9. The van der Waals surface area contributed by atoms with Crippen LogP contribution in [0.2, 0.25) is 0 Å². The second-order valence-corrected chi connectivity index (χ2v) is 11.2. The number of fused-ring (bicyclic) bond motifs is 1. The van der Waals surface area contributed by atoms with Gasteiger partial charge in [0.25, 0.3) is 5.56 Å². The molecular formula is C23H27FN6O4S. The summed E-state index contributed by atoms with van der Waals surface area (Å²) in [5.74, 6) is -0.734. The van der Waals surface area contributed by atoms with Gasteiger partial charge in [0, 0.05) is 13.1 Å². The molecule has 2 saturated carbocycles. The smallest absolute Gasteiger partial charge is 0.277 e. The van der Waals surface area contributed by atoms with Crippen LogP contribution < -0.4 is 20.9 Å². The lowest BCUT2D eigenvalue weighted by molar-refractivity contribution is -0.117. The predicted octanol–water partition coefficient (Wildman–Crippen LogP) is 3.33. The molecule has 1 amide bonds. The first-order valence-corrected chi connectivity index (χ1v) is 13.3. The zero-order valence-corrected chi connectivity index (χ0v) is 20.2. The van der Waals surface area contributed by atoms with E-state index in [-0.39, 0.29) is 34.6 Å². The third-order valence-electron chi connectivity index (χ3n) is 6.65. The average Bonchev–Trinajstić information content (AvgIpc) is 3.43. The molecule has 2 aliphatic rings. The van der Waals surface area contributed by atoms with Crippen molar-refractivity contribution < 1.29 is 17.6 Å². The van der Waals surface area contributed by atoms with E-state index in [2.05, 4.69) is 25.4 Å². The first-order valence-electron chi connectivity index (χ1n) is 11.6. The van der Waals surface area contributed by atoms with Gasteiger partial charge in [-0.25, -0.2) is 17.8 Å². The summed E-state index contributed by atoms with van der Waals surface area (Å²) in [6, 6.07) is 7.04. The van der Waals surface area contributed by atoms with Crippen molar-refractivity contribution in [2.45, 2.75) is 44.7 Å². The Labute approximate surface area is 201 Å². The summed E-state index contributed by atoms with van der Waals surface area (Å²) in [5, 5.41) is 8.85. The molecule has 0 saturated heterocycles. The number of benzene rings is 1. The Hall–Kier alpha value is -3.41. The van der Waals surface area contributed by atoms with Crippen molar-refractivity contribution in [1.29, 1.82) is 0 Å². The number of sulfonamides is 1. The molecule has 2 atom stereocenters. The number of amides is 1. The molecule has 4 N–H and O–H groups in total. The minimum Gasteiger partial charge on any atom is -0.353 e. The minimum absolute atomic E-state index is 0.0924. The predicted molar refractivity (Wildman–Crippen MR) is 132 cm³/mol. The van der Waals surface area contributed by atoms with Crippen molar-refractivity contribution >= 4 is 49.8 Å². The summed E-state index contributed by atoms with van der Waals surface area (Å²) >= 11 is 0. The maximum absolute atomic E-state index is 13.3. The van der Waals surface area contributed by atoms with Crippen LogP contribution in [-0.4, -0.2) is 41.0 Å². The fourth-order valence-corrected chi connectivity index (χ4v) is 4.82. The maximum Gasteiger partial charge on any atom is 0.277 e. The van der Waals surface area contributed by atoms with Crippen LogP contribution in [0.25, 0.3) is 11.0 Å². The first kappa shape index (κ1) is 23.3. The molecule has 2 aromatic heterocycles. The Bertz CT molecular complexity index is 1480. The normalized spacial score (nSPS) is 19.9. The number of nitrogens with one attached hydrogen (secondary N) is 4. The Kier molecular flexibility index (Phi) is 5.78. The summed E-state index contributed by atoms with van der Waals surface area (Å²) < 4.78 is 42.0. The van der Waals surface area contributed by atoms with E-state index in [9.17, 15) is 22.4 Å². The molecule has 2 heterocycles. The van der Waals surface area contributed by atoms with E-state index in [0.717, 1.165) is 24.8 Å². The molecule has 5 rings (SSSR count). The number of carbonyl (C=O) groups is 1. The van der Waals surface area contributed by atoms with E-state index in [1.54, 1.807) is 13.0 Å². The fourth-order valence-electron chi connectivity index (χ4n) is 4.17. The molecule has 0 bridgehead atoms. The van der Waals surface area contributed by atoms with Crippen molar-refractivity contribution in [3.05, 3.63) is 40.2 Å². The Morgan fingerprint density at radius 1 is 1.23 bits per heavy atom. The Morgan fingerprint density at radius 3 is 2.60 bits per heavy atom. The number of H-pyrrole nitrogens is 1. The van der Waals surface area contributed by atoms with Crippen LogP contribution in [0, 0.1) is 5.92 Å². The fraction of sp³-hybridized carbons (Fsp3) is 0.435. The number of hydrogen-bond acceptors (Lipinski definition) is 6.